The van der Waals surface area contributed by atoms with Crippen molar-refractivity contribution in [2.45, 2.75) is 169 Å². The second-order valence-electron chi connectivity index (χ2n) is 20.1. The van der Waals surface area contributed by atoms with Gasteiger partial charge in [-0.05, 0) is 144 Å². The third kappa shape index (κ3) is 15.9. The SMILES string of the molecule is C=C(C)COc1nc(OCC(=C)C)nc(N(CCCCCCN(c2nc(OCC(=C)C)nc(OCC(=C)C)n2)C2CC(C)(C)NC(C)(C)C2)C2CC(C)(C)NC(C)(C)C2)n1. The number of nitrogens with zero attached hydrogens (tertiary/aromatic N) is 8. The maximum atomic E-state index is 5.98. The van der Waals surface area contributed by atoms with Crippen LogP contribution in [0, 0.1) is 0 Å². The molecule has 0 aliphatic carbocycles. The van der Waals surface area contributed by atoms with E-state index in [1.54, 1.807) is 0 Å². The van der Waals surface area contributed by atoms with Gasteiger partial charge in [-0.15, -0.1) is 9.97 Å². The van der Waals surface area contributed by atoms with Crippen molar-refractivity contribution in [2.24, 2.45) is 0 Å². The zero-order chi connectivity index (χ0) is 44.5. The van der Waals surface area contributed by atoms with Gasteiger partial charge < -0.3 is 39.4 Å². The molecule has 0 amide bonds. The highest BCUT2D eigenvalue weighted by atomic mass is 16.5. The van der Waals surface area contributed by atoms with E-state index >= 15 is 0 Å². The number of rotatable bonds is 23. The van der Waals surface area contributed by atoms with Crippen LogP contribution in [-0.2, 0) is 0 Å². The first-order chi connectivity index (χ1) is 27.9. The van der Waals surface area contributed by atoms with Gasteiger partial charge in [-0.25, -0.2) is 0 Å². The fraction of sp³-hybridized carbons (Fsp3) is 0.696. The fourth-order valence-corrected chi connectivity index (χ4v) is 8.71. The van der Waals surface area contributed by atoms with Gasteiger partial charge in [-0.3, -0.25) is 0 Å². The number of piperidine rings is 2. The lowest BCUT2D eigenvalue weighted by atomic mass is 9.79. The molecule has 0 spiro atoms. The predicted molar refractivity (Wildman–Crippen MR) is 243 cm³/mol. The molecular weight excluding hydrogens is 757 g/mol. The van der Waals surface area contributed by atoms with Crippen molar-refractivity contribution < 1.29 is 18.9 Å². The van der Waals surface area contributed by atoms with Gasteiger partial charge in [-0.1, -0.05) is 39.2 Å². The summed E-state index contributed by atoms with van der Waals surface area (Å²) in [6.45, 7) is 44.5. The Labute approximate surface area is 361 Å². The largest absolute Gasteiger partial charge is 0.459 e. The molecule has 2 aliphatic heterocycles. The predicted octanol–water partition coefficient (Wildman–Crippen LogP) is 8.37. The number of nitrogens with one attached hydrogen (secondary N) is 2. The summed E-state index contributed by atoms with van der Waals surface area (Å²) in [5, 5.41) is 7.68. The summed E-state index contributed by atoms with van der Waals surface area (Å²) in [4.78, 5) is 33.2. The van der Waals surface area contributed by atoms with E-state index in [1.807, 2.05) is 27.7 Å². The Morgan fingerprint density at radius 3 is 0.950 bits per heavy atom. The van der Waals surface area contributed by atoms with E-state index < -0.39 is 0 Å². The molecule has 0 saturated carbocycles. The van der Waals surface area contributed by atoms with Crippen LogP contribution in [0.25, 0.3) is 0 Å². The summed E-state index contributed by atoms with van der Waals surface area (Å²) in [6.07, 6.45) is 7.59. The Morgan fingerprint density at radius 1 is 0.467 bits per heavy atom. The van der Waals surface area contributed by atoms with Crippen molar-refractivity contribution in [3.63, 3.8) is 0 Å². The molecular formula is C46H76N10O4. The normalized spacial score (nSPS) is 18.3. The van der Waals surface area contributed by atoms with Gasteiger partial charge >= 0.3 is 24.0 Å². The lowest BCUT2D eigenvalue weighted by Gasteiger charge is -2.49. The Balaban J connectivity index is 1.58. The Kier molecular flexibility index (Phi) is 16.5. The summed E-state index contributed by atoms with van der Waals surface area (Å²) >= 11 is 0. The second kappa shape index (κ2) is 20.5. The van der Waals surface area contributed by atoms with E-state index in [-0.39, 0.29) is 58.3 Å². The number of hydrogen-bond acceptors (Lipinski definition) is 14. The lowest BCUT2D eigenvalue weighted by molar-refractivity contribution is 0.156. The average Bonchev–Trinajstić information content (AvgIpc) is 3.09. The molecule has 0 unspecified atom stereocenters. The molecule has 4 heterocycles. The first-order valence-corrected chi connectivity index (χ1v) is 21.6. The van der Waals surface area contributed by atoms with Crippen LogP contribution < -0.4 is 39.4 Å². The highest BCUT2D eigenvalue weighted by Gasteiger charge is 2.42. The number of anilines is 2. The number of unbranched alkanes of at least 4 members (excludes halogenated alkanes) is 3. The molecule has 0 atom stereocenters. The van der Waals surface area contributed by atoms with Crippen LogP contribution in [0.3, 0.4) is 0 Å². The molecule has 14 nitrogen and oxygen atoms in total. The highest BCUT2D eigenvalue weighted by molar-refractivity contribution is 5.37. The summed E-state index contributed by atoms with van der Waals surface area (Å²) < 4.78 is 23.9. The molecule has 2 aromatic heterocycles. The molecule has 0 bridgehead atoms. The second-order valence-corrected chi connectivity index (χ2v) is 20.1. The van der Waals surface area contributed by atoms with Crippen molar-refractivity contribution in [3.05, 3.63) is 48.6 Å². The maximum Gasteiger partial charge on any atom is 0.324 e. The summed E-state index contributed by atoms with van der Waals surface area (Å²) in [5.74, 6) is 1.12. The Morgan fingerprint density at radius 2 is 0.717 bits per heavy atom. The van der Waals surface area contributed by atoms with Crippen molar-refractivity contribution >= 4 is 11.9 Å². The van der Waals surface area contributed by atoms with Crippen LogP contribution in [-0.4, -0.2) is 104 Å². The summed E-state index contributed by atoms with van der Waals surface area (Å²) in [7, 11) is 0. The van der Waals surface area contributed by atoms with Gasteiger partial charge in [0.25, 0.3) is 0 Å². The molecule has 2 fully saturated rings. The molecule has 0 aromatic carbocycles. The number of aromatic nitrogens is 6. The van der Waals surface area contributed by atoms with Gasteiger partial charge in [0.1, 0.15) is 26.4 Å². The maximum absolute atomic E-state index is 5.98. The van der Waals surface area contributed by atoms with E-state index in [9.17, 15) is 0 Å². The topological polar surface area (TPSA) is 145 Å². The van der Waals surface area contributed by atoms with E-state index in [4.69, 9.17) is 38.9 Å². The Hall–Kier alpha value is -4.30. The Bertz CT molecular complexity index is 1570. The first kappa shape index (κ1) is 48.4. The molecule has 2 aromatic rings. The van der Waals surface area contributed by atoms with Crippen LogP contribution in [0.1, 0.15) is 134 Å². The van der Waals surface area contributed by atoms with Crippen LogP contribution in [0.15, 0.2) is 48.6 Å². The summed E-state index contributed by atoms with van der Waals surface area (Å²) in [6, 6.07) is 1.25. The third-order valence-corrected chi connectivity index (χ3v) is 10.2. The minimum absolute atomic E-state index is 0.0860. The highest BCUT2D eigenvalue weighted by Crippen LogP contribution is 2.36. The van der Waals surface area contributed by atoms with Crippen LogP contribution in [0.5, 0.6) is 24.0 Å². The molecule has 2 N–H and O–H groups in total. The molecule has 2 saturated heterocycles. The van der Waals surface area contributed by atoms with Crippen molar-refractivity contribution in [3.8, 4) is 24.0 Å². The fourth-order valence-electron chi connectivity index (χ4n) is 8.71. The number of hydrogen-bond donors (Lipinski definition) is 2. The zero-order valence-corrected chi connectivity index (χ0v) is 39.1. The number of ether oxygens (including phenoxy) is 4. The molecule has 14 heteroatoms. The first-order valence-electron chi connectivity index (χ1n) is 21.6. The molecule has 4 rings (SSSR count). The van der Waals surface area contributed by atoms with Gasteiger partial charge in [0, 0.05) is 47.3 Å². The van der Waals surface area contributed by atoms with Crippen LogP contribution >= 0.6 is 0 Å². The minimum Gasteiger partial charge on any atom is -0.459 e. The molecule has 2 aliphatic rings. The van der Waals surface area contributed by atoms with E-state index in [1.165, 1.54) is 0 Å². The van der Waals surface area contributed by atoms with E-state index in [0.717, 1.165) is 86.7 Å². The quantitative estimate of drug-likeness (QED) is 0.0817. The smallest absolute Gasteiger partial charge is 0.324 e. The van der Waals surface area contributed by atoms with E-state index in [2.05, 4.69) is 112 Å². The van der Waals surface area contributed by atoms with Crippen molar-refractivity contribution in [2.75, 3.05) is 49.3 Å². The van der Waals surface area contributed by atoms with Crippen LogP contribution in [0.2, 0.25) is 0 Å². The van der Waals surface area contributed by atoms with Crippen LogP contribution in [0.4, 0.5) is 11.9 Å². The zero-order valence-electron chi connectivity index (χ0n) is 39.1. The van der Waals surface area contributed by atoms with Crippen molar-refractivity contribution in [1.29, 1.82) is 0 Å². The minimum atomic E-state index is -0.0860. The monoisotopic (exact) mass is 833 g/mol. The lowest BCUT2D eigenvalue weighted by Crippen LogP contribution is -2.62. The molecule has 0 radical (unpaired) electrons. The summed E-state index contributed by atoms with van der Waals surface area (Å²) in [5.41, 5.74) is 3.14. The average molecular weight is 833 g/mol. The molecule has 334 valence electrons. The van der Waals surface area contributed by atoms with Gasteiger partial charge in [0.2, 0.25) is 11.9 Å². The third-order valence-electron chi connectivity index (χ3n) is 10.2. The van der Waals surface area contributed by atoms with Gasteiger partial charge in [0.05, 0.1) is 0 Å². The standard InChI is InChI=1S/C46H76N10O4/c1-31(2)27-57-39-47-37(48-40(51-39)58-28-32(3)4)55(35-23-43(9,10)53-44(11,12)24-35)21-19-17-18-20-22-56(36-25-45(13,14)54-46(15,16)26-36)38-49-41(59-29-33(5)6)52-42(50-38)60-30-34(7)8/h35-36,53-54H,1,3,5,7,17-30H2,2,4,6,8-16H3. The van der Waals surface area contributed by atoms with E-state index in [0.29, 0.717) is 38.3 Å². The molecule has 60 heavy (non-hydrogen) atoms. The van der Waals surface area contributed by atoms with Gasteiger partial charge in [0.15, 0.2) is 0 Å². The van der Waals surface area contributed by atoms with Crippen molar-refractivity contribution in [1.82, 2.24) is 40.5 Å². The van der Waals surface area contributed by atoms with Gasteiger partial charge in [-0.2, -0.15) is 19.9 Å².